The molecular weight excluding hydrogens is 316 g/mol. The van der Waals surface area contributed by atoms with Gasteiger partial charge in [-0.2, -0.15) is 0 Å². The summed E-state index contributed by atoms with van der Waals surface area (Å²) < 4.78 is 11.3. The molecule has 1 atom stereocenters. The molecule has 1 fully saturated rings. The van der Waals surface area contributed by atoms with E-state index in [-0.39, 0.29) is 11.9 Å². The molecule has 0 N–H and O–H groups in total. The number of carbonyl (C=O) groups is 1. The van der Waals surface area contributed by atoms with E-state index in [0.717, 1.165) is 48.4 Å². The highest BCUT2D eigenvalue weighted by Gasteiger charge is 2.30. The van der Waals surface area contributed by atoms with Crippen molar-refractivity contribution >= 4 is 5.91 Å². The number of carbonyl (C=O) groups excluding carboxylic acids is 1. The second-order valence-electron chi connectivity index (χ2n) is 6.50. The highest BCUT2D eigenvalue weighted by Crippen LogP contribution is 2.38. The molecule has 0 spiro atoms. The fourth-order valence-electron chi connectivity index (χ4n) is 3.62. The first-order valence-corrected chi connectivity index (χ1v) is 8.89. The average Bonchev–Trinajstić information content (AvgIpc) is 3.16. The number of pyridine rings is 1. The molecule has 2 aromatic rings. The van der Waals surface area contributed by atoms with Crippen molar-refractivity contribution in [1.82, 2.24) is 9.88 Å². The Morgan fingerprint density at radius 1 is 1.12 bits per heavy atom. The molecular formula is C20H22N2O3. The quantitative estimate of drug-likeness (QED) is 0.859. The van der Waals surface area contributed by atoms with Crippen LogP contribution in [0.25, 0.3) is 0 Å². The van der Waals surface area contributed by atoms with Crippen molar-refractivity contribution in [2.75, 3.05) is 19.8 Å². The van der Waals surface area contributed by atoms with Gasteiger partial charge in [0.25, 0.3) is 0 Å². The number of aryl methyl sites for hydroxylation is 1. The van der Waals surface area contributed by atoms with Crippen LogP contribution >= 0.6 is 0 Å². The van der Waals surface area contributed by atoms with E-state index in [2.05, 4.69) is 11.1 Å². The van der Waals surface area contributed by atoms with Crippen LogP contribution in [0.5, 0.6) is 11.5 Å². The Labute approximate surface area is 147 Å². The molecule has 5 nitrogen and oxygen atoms in total. The summed E-state index contributed by atoms with van der Waals surface area (Å²) in [6.07, 6.45) is 6.87. The van der Waals surface area contributed by atoms with Gasteiger partial charge in [-0.15, -0.1) is 0 Å². The molecule has 1 aromatic heterocycles. The van der Waals surface area contributed by atoms with Crippen molar-refractivity contribution in [2.24, 2.45) is 0 Å². The smallest absolute Gasteiger partial charge is 0.223 e. The van der Waals surface area contributed by atoms with E-state index in [9.17, 15) is 4.79 Å². The molecule has 2 aliphatic heterocycles. The van der Waals surface area contributed by atoms with E-state index in [4.69, 9.17) is 9.47 Å². The first-order valence-electron chi connectivity index (χ1n) is 8.89. The molecule has 1 amide bonds. The first kappa shape index (κ1) is 15.9. The lowest BCUT2D eigenvalue weighted by atomic mass is 10.0. The van der Waals surface area contributed by atoms with Gasteiger partial charge in [-0.05, 0) is 54.7 Å². The molecule has 3 heterocycles. The zero-order valence-corrected chi connectivity index (χ0v) is 14.2. The molecule has 5 heteroatoms. The molecule has 0 aliphatic carbocycles. The highest BCUT2D eigenvalue weighted by molar-refractivity contribution is 5.77. The maximum atomic E-state index is 12.7. The number of benzene rings is 1. The van der Waals surface area contributed by atoms with Crippen molar-refractivity contribution in [3.8, 4) is 11.5 Å². The number of amides is 1. The minimum absolute atomic E-state index is 0.140. The molecule has 2 aliphatic rings. The number of ether oxygens (including phenoxy) is 2. The summed E-state index contributed by atoms with van der Waals surface area (Å²) in [5, 5.41) is 0. The second-order valence-corrected chi connectivity index (χ2v) is 6.50. The van der Waals surface area contributed by atoms with Crippen LogP contribution in [0.3, 0.4) is 0 Å². The van der Waals surface area contributed by atoms with Crippen molar-refractivity contribution in [1.29, 1.82) is 0 Å². The number of aromatic nitrogens is 1. The van der Waals surface area contributed by atoms with Gasteiger partial charge in [0.05, 0.1) is 6.04 Å². The van der Waals surface area contributed by atoms with Crippen molar-refractivity contribution in [3.63, 3.8) is 0 Å². The minimum Gasteiger partial charge on any atom is -0.486 e. The number of hydrogen-bond acceptors (Lipinski definition) is 4. The van der Waals surface area contributed by atoms with Gasteiger partial charge in [0.1, 0.15) is 13.2 Å². The van der Waals surface area contributed by atoms with Crippen LogP contribution in [-0.4, -0.2) is 35.5 Å². The molecule has 4 rings (SSSR count). The summed E-state index contributed by atoms with van der Waals surface area (Å²) in [4.78, 5) is 18.8. The monoisotopic (exact) mass is 338 g/mol. The third-order valence-electron chi connectivity index (χ3n) is 4.90. The Hall–Kier alpha value is -2.56. The lowest BCUT2D eigenvalue weighted by Crippen LogP contribution is -2.30. The second kappa shape index (κ2) is 7.13. The number of nitrogens with zero attached hydrogens (tertiary/aromatic N) is 2. The van der Waals surface area contributed by atoms with E-state index in [1.807, 2.05) is 29.2 Å². The lowest BCUT2D eigenvalue weighted by molar-refractivity contribution is -0.132. The summed E-state index contributed by atoms with van der Waals surface area (Å²) in [6, 6.07) is 10.1. The Bertz CT molecular complexity index is 748. The summed E-state index contributed by atoms with van der Waals surface area (Å²) in [5.74, 6) is 1.80. The maximum absolute atomic E-state index is 12.7. The van der Waals surface area contributed by atoms with E-state index in [1.54, 1.807) is 12.4 Å². The van der Waals surface area contributed by atoms with Crippen LogP contribution in [0.2, 0.25) is 0 Å². The predicted molar refractivity (Wildman–Crippen MR) is 93.7 cm³/mol. The zero-order chi connectivity index (χ0) is 17.1. The van der Waals surface area contributed by atoms with E-state index in [1.165, 1.54) is 0 Å². The fourth-order valence-corrected chi connectivity index (χ4v) is 3.62. The Morgan fingerprint density at radius 3 is 2.76 bits per heavy atom. The predicted octanol–water partition coefficient (Wildman–Crippen LogP) is 3.15. The summed E-state index contributed by atoms with van der Waals surface area (Å²) >= 11 is 0. The third kappa shape index (κ3) is 3.45. The minimum atomic E-state index is 0.140. The Morgan fingerprint density at radius 2 is 1.92 bits per heavy atom. The van der Waals surface area contributed by atoms with Crippen molar-refractivity contribution in [2.45, 2.75) is 31.7 Å². The van der Waals surface area contributed by atoms with Crippen LogP contribution in [0.1, 0.15) is 36.4 Å². The topological polar surface area (TPSA) is 51.7 Å². The molecule has 1 saturated heterocycles. The van der Waals surface area contributed by atoms with Crippen molar-refractivity contribution in [3.05, 3.63) is 53.9 Å². The molecule has 0 saturated carbocycles. The first-order chi connectivity index (χ1) is 12.3. The zero-order valence-electron chi connectivity index (χ0n) is 14.2. The molecule has 0 bridgehead atoms. The van der Waals surface area contributed by atoms with Gasteiger partial charge in [-0.3, -0.25) is 9.78 Å². The van der Waals surface area contributed by atoms with Crippen LogP contribution in [0.4, 0.5) is 0 Å². The average molecular weight is 338 g/mol. The van der Waals surface area contributed by atoms with Crippen molar-refractivity contribution < 1.29 is 14.3 Å². The number of fused-ring (bicyclic) bond motifs is 1. The van der Waals surface area contributed by atoms with E-state index >= 15 is 0 Å². The normalized spacial score (nSPS) is 19.0. The number of rotatable bonds is 4. The van der Waals surface area contributed by atoms with Gasteiger partial charge >= 0.3 is 0 Å². The van der Waals surface area contributed by atoms with Gasteiger partial charge in [0.2, 0.25) is 5.91 Å². The Balaban J connectivity index is 1.45. The fraction of sp³-hybridized carbons (Fsp3) is 0.400. The number of likely N-dealkylation sites (tertiary alicyclic amines) is 1. The van der Waals surface area contributed by atoms with E-state index < -0.39 is 0 Å². The molecule has 0 unspecified atom stereocenters. The van der Waals surface area contributed by atoms with Gasteiger partial charge < -0.3 is 14.4 Å². The number of hydrogen-bond donors (Lipinski definition) is 0. The van der Waals surface area contributed by atoms with Gasteiger partial charge in [-0.25, -0.2) is 0 Å². The molecule has 0 radical (unpaired) electrons. The van der Waals surface area contributed by atoms with Crippen LogP contribution in [0.15, 0.2) is 42.7 Å². The van der Waals surface area contributed by atoms with Gasteiger partial charge in [0.15, 0.2) is 11.5 Å². The van der Waals surface area contributed by atoms with Crippen LogP contribution in [-0.2, 0) is 11.2 Å². The molecule has 25 heavy (non-hydrogen) atoms. The van der Waals surface area contributed by atoms with Crippen LogP contribution in [0, 0.1) is 0 Å². The van der Waals surface area contributed by atoms with E-state index in [0.29, 0.717) is 19.6 Å². The largest absolute Gasteiger partial charge is 0.486 e. The maximum Gasteiger partial charge on any atom is 0.223 e. The van der Waals surface area contributed by atoms with Gasteiger partial charge in [-0.1, -0.05) is 6.07 Å². The SMILES string of the molecule is O=C(CCc1ccncc1)N1CCC[C@H]1c1ccc2c(c1)OCCO2. The molecule has 130 valence electrons. The summed E-state index contributed by atoms with van der Waals surface area (Å²) in [5.41, 5.74) is 2.29. The highest BCUT2D eigenvalue weighted by atomic mass is 16.6. The summed E-state index contributed by atoms with van der Waals surface area (Å²) in [6.45, 7) is 2.00. The molecule has 1 aromatic carbocycles. The lowest BCUT2D eigenvalue weighted by Gasteiger charge is -2.27. The third-order valence-corrected chi connectivity index (χ3v) is 4.90. The Kier molecular flexibility index (Phi) is 4.55. The summed E-state index contributed by atoms with van der Waals surface area (Å²) in [7, 11) is 0. The standard InChI is InChI=1S/C20H22N2O3/c23-20(6-3-15-7-9-21-10-8-15)22-11-1-2-17(22)16-4-5-18-19(14-16)25-13-12-24-18/h4-5,7-10,14,17H,1-3,6,11-13H2/t17-/m0/s1. The van der Waals surface area contributed by atoms with Crippen LogP contribution < -0.4 is 9.47 Å². The van der Waals surface area contributed by atoms with Gasteiger partial charge in [0, 0.05) is 25.4 Å².